The number of ether oxygens (including phenoxy) is 2. The Morgan fingerprint density at radius 3 is 2.26 bits per heavy atom. The van der Waals surface area contributed by atoms with Crippen LogP contribution in [0.1, 0.15) is 12.0 Å². The molecular formula is C16H16O3. The first-order valence-electron chi connectivity index (χ1n) is 6.16. The summed E-state index contributed by atoms with van der Waals surface area (Å²) in [5, 5.41) is 0. The molecule has 0 atom stereocenters. The topological polar surface area (TPSA) is 35.5 Å². The number of aryl methyl sites for hydroxylation is 1. The van der Waals surface area contributed by atoms with E-state index < -0.39 is 0 Å². The monoisotopic (exact) mass is 256 g/mol. The van der Waals surface area contributed by atoms with Crippen molar-refractivity contribution < 1.29 is 14.3 Å². The molecular weight excluding hydrogens is 240 g/mol. The largest absolute Gasteiger partial charge is 0.497 e. The van der Waals surface area contributed by atoms with Crippen molar-refractivity contribution in [3.05, 3.63) is 60.2 Å². The third-order valence-corrected chi connectivity index (χ3v) is 2.75. The van der Waals surface area contributed by atoms with E-state index in [1.807, 2.05) is 42.5 Å². The van der Waals surface area contributed by atoms with Crippen LogP contribution < -0.4 is 9.47 Å². The van der Waals surface area contributed by atoms with Crippen LogP contribution in [0.15, 0.2) is 54.6 Å². The van der Waals surface area contributed by atoms with Crippen LogP contribution >= 0.6 is 0 Å². The maximum absolute atomic E-state index is 11.7. The van der Waals surface area contributed by atoms with E-state index >= 15 is 0 Å². The van der Waals surface area contributed by atoms with Crippen LogP contribution in [0.3, 0.4) is 0 Å². The molecule has 0 aliphatic heterocycles. The smallest absolute Gasteiger partial charge is 0.311 e. The third-order valence-electron chi connectivity index (χ3n) is 2.75. The normalized spacial score (nSPS) is 9.95. The molecule has 0 amide bonds. The summed E-state index contributed by atoms with van der Waals surface area (Å²) in [6.07, 6.45) is 1.02. The zero-order valence-electron chi connectivity index (χ0n) is 10.8. The number of carbonyl (C=O) groups is 1. The predicted octanol–water partition coefficient (Wildman–Crippen LogP) is 3.23. The molecule has 0 spiro atoms. The van der Waals surface area contributed by atoms with Gasteiger partial charge < -0.3 is 9.47 Å². The number of rotatable bonds is 5. The highest BCUT2D eigenvalue weighted by Gasteiger charge is 2.05. The molecule has 0 unspecified atom stereocenters. The van der Waals surface area contributed by atoms with E-state index in [1.54, 1.807) is 19.2 Å². The molecule has 0 fully saturated rings. The summed E-state index contributed by atoms with van der Waals surface area (Å²) in [6.45, 7) is 0. The highest BCUT2D eigenvalue weighted by molar-refractivity contribution is 5.72. The Hall–Kier alpha value is -2.29. The molecule has 0 saturated heterocycles. The number of hydrogen-bond acceptors (Lipinski definition) is 3. The Balaban J connectivity index is 1.83. The van der Waals surface area contributed by atoms with Crippen LogP contribution in [0.5, 0.6) is 11.5 Å². The van der Waals surface area contributed by atoms with Gasteiger partial charge in [-0.25, -0.2) is 0 Å². The number of esters is 1. The molecule has 2 rings (SSSR count). The van der Waals surface area contributed by atoms with E-state index in [9.17, 15) is 4.79 Å². The van der Waals surface area contributed by atoms with E-state index in [1.165, 1.54) is 0 Å². The minimum absolute atomic E-state index is 0.220. The molecule has 0 aliphatic carbocycles. The maximum Gasteiger partial charge on any atom is 0.311 e. The van der Waals surface area contributed by atoms with Crippen molar-refractivity contribution in [1.29, 1.82) is 0 Å². The number of benzene rings is 2. The number of hydrogen-bond donors (Lipinski definition) is 0. The second-order valence-electron chi connectivity index (χ2n) is 4.14. The minimum atomic E-state index is -0.220. The Morgan fingerprint density at radius 1 is 0.947 bits per heavy atom. The first kappa shape index (κ1) is 13.1. The lowest BCUT2D eigenvalue weighted by molar-refractivity contribution is -0.134. The number of carbonyl (C=O) groups excluding carboxylic acids is 1. The van der Waals surface area contributed by atoms with Crippen molar-refractivity contribution in [3.63, 3.8) is 0 Å². The van der Waals surface area contributed by atoms with Crippen molar-refractivity contribution in [2.75, 3.05) is 7.11 Å². The van der Waals surface area contributed by atoms with Crippen LogP contribution in [-0.4, -0.2) is 13.1 Å². The van der Waals surface area contributed by atoms with Crippen molar-refractivity contribution in [2.45, 2.75) is 12.8 Å². The van der Waals surface area contributed by atoms with Crippen LogP contribution in [0.25, 0.3) is 0 Å². The highest BCUT2D eigenvalue weighted by Crippen LogP contribution is 2.14. The van der Waals surface area contributed by atoms with Gasteiger partial charge in [-0.1, -0.05) is 30.3 Å². The van der Waals surface area contributed by atoms with Crippen LogP contribution in [-0.2, 0) is 11.2 Å². The number of methoxy groups -OCH3 is 1. The second-order valence-corrected chi connectivity index (χ2v) is 4.14. The lowest BCUT2D eigenvalue weighted by Crippen LogP contribution is -2.08. The molecule has 0 radical (unpaired) electrons. The lowest BCUT2D eigenvalue weighted by atomic mass is 10.1. The molecule has 0 N–H and O–H groups in total. The third kappa shape index (κ3) is 4.14. The van der Waals surface area contributed by atoms with Gasteiger partial charge in [0, 0.05) is 6.42 Å². The molecule has 3 nitrogen and oxygen atoms in total. The first-order valence-corrected chi connectivity index (χ1v) is 6.16. The Bertz CT molecular complexity index is 517. The average molecular weight is 256 g/mol. The van der Waals surface area contributed by atoms with Gasteiger partial charge in [0.25, 0.3) is 0 Å². The summed E-state index contributed by atoms with van der Waals surface area (Å²) < 4.78 is 10.3. The van der Waals surface area contributed by atoms with Gasteiger partial charge in [0.1, 0.15) is 11.5 Å². The number of para-hydroxylation sites is 1. The molecule has 0 aliphatic rings. The van der Waals surface area contributed by atoms with Crippen LogP contribution in [0, 0.1) is 0 Å². The summed E-state index contributed by atoms with van der Waals surface area (Å²) >= 11 is 0. The molecule has 98 valence electrons. The van der Waals surface area contributed by atoms with Gasteiger partial charge in [-0.3, -0.25) is 4.79 Å². The van der Waals surface area contributed by atoms with E-state index in [0.717, 1.165) is 11.3 Å². The fourth-order valence-corrected chi connectivity index (χ4v) is 1.71. The Kier molecular flexibility index (Phi) is 4.56. The molecule has 0 aromatic heterocycles. The quantitative estimate of drug-likeness (QED) is 0.608. The van der Waals surface area contributed by atoms with Crippen LogP contribution in [0.4, 0.5) is 0 Å². The molecule has 3 heteroatoms. The molecule has 19 heavy (non-hydrogen) atoms. The lowest BCUT2D eigenvalue weighted by Gasteiger charge is -2.05. The van der Waals surface area contributed by atoms with E-state index in [0.29, 0.717) is 18.6 Å². The minimum Gasteiger partial charge on any atom is -0.497 e. The fraction of sp³-hybridized carbons (Fsp3) is 0.188. The van der Waals surface area contributed by atoms with E-state index in [2.05, 4.69) is 0 Å². The molecule has 0 saturated carbocycles. The highest BCUT2D eigenvalue weighted by atomic mass is 16.5. The van der Waals surface area contributed by atoms with Gasteiger partial charge in [0.15, 0.2) is 0 Å². The maximum atomic E-state index is 11.7. The summed E-state index contributed by atoms with van der Waals surface area (Å²) in [4.78, 5) is 11.7. The van der Waals surface area contributed by atoms with E-state index in [4.69, 9.17) is 9.47 Å². The summed E-state index contributed by atoms with van der Waals surface area (Å²) in [5.74, 6) is 1.18. The van der Waals surface area contributed by atoms with E-state index in [-0.39, 0.29) is 5.97 Å². The zero-order valence-corrected chi connectivity index (χ0v) is 10.8. The van der Waals surface area contributed by atoms with Gasteiger partial charge in [0.2, 0.25) is 0 Å². The fourth-order valence-electron chi connectivity index (χ4n) is 1.71. The molecule has 2 aromatic carbocycles. The molecule has 0 heterocycles. The SMILES string of the molecule is COc1ccc(CCC(=O)Oc2ccccc2)cc1. The standard InChI is InChI=1S/C16H16O3/c1-18-14-10-7-13(8-11-14)9-12-16(17)19-15-5-3-2-4-6-15/h2-8,10-11H,9,12H2,1H3. The molecule has 0 bridgehead atoms. The summed E-state index contributed by atoms with van der Waals surface area (Å²) in [7, 11) is 1.63. The predicted molar refractivity (Wildman–Crippen MR) is 73.4 cm³/mol. The van der Waals surface area contributed by atoms with Crippen molar-refractivity contribution >= 4 is 5.97 Å². The second kappa shape index (κ2) is 6.59. The Morgan fingerprint density at radius 2 is 1.63 bits per heavy atom. The Labute approximate surface area is 112 Å². The first-order chi connectivity index (χ1) is 9.28. The van der Waals surface area contributed by atoms with Gasteiger partial charge in [-0.2, -0.15) is 0 Å². The van der Waals surface area contributed by atoms with Gasteiger partial charge in [-0.15, -0.1) is 0 Å². The average Bonchev–Trinajstić information content (AvgIpc) is 2.47. The van der Waals surface area contributed by atoms with Crippen molar-refractivity contribution in [3.8, 4) is 11.5 Å². The molecule has 2 aromatic rings. The summed E-state index contributed by atoms with van der Waals surface area (Å²) in [5.41, 5.74) is 1.09. The van der Waals surface area contributed by atoms with Crippen molar-refractivity contribution in [1.82, 2.24) is 0 Å². The van der Waals surface area contributed by atoms with Gasteiger partial charge in [-0.05, 0) is 36.2 Å². The van der Waals surface area contributed by atoms with Gasteiger partial charge >= 0.3 is 5.97 Å². The van der Waals surface area contributed by atoms with Crippen LogP contribution in [0.2, 0.25) is 0 Å². The summed E-state index contributed by atoms with van der Waals surface area (Å²) in [6, 6.07) is 16.8. The zero-order chi connectivity index (χ0) is 13.5. The van der Waals surface area contributed by atoms with Gasteiger partial charge in [0.05, 0.1) is 7.11 Å². The van der Waals surface area contributed by atoms with Crippen molar-refractivity contribution in [2.24, 2.45) is 0 Å².